The molecule has 0 amide bonds. The minimum absolute atomic E-state index is 0.0860. The normalized spacial score (nSPS) is 12.3. The van der Waals surface area contributed by atoms with E-state index in [-0.39, 0.29) is 21.5 Å². The topological polar surface area (TPSA) is 41.8 Å². The number of nitrogens with zero attached hydrogens (tertiary/aromatic N) is 1. The van der Waals surface area contributed by atoms with Crippen LogP contribution in [-0.2, 0) is 6.18 Å². The van der Waals surface area contributed by atoms with Gasteiger partial charge >= 0.3 is 6.18 Å². The van der Waals surface area contributed by atoms with Crippen LogP contribution in [-0.4, -0.2) is 10.9 Å². The Kier molecular flexibility index (Phi) is 5.06. The van der Waals surface area contributed by atoms with Crippen molar-refractivity contribution in [2.75, 3.05) is 0 Å². The third-order valence-electron chi connectivity index (χ3n) is 2.95. The van der Waals surface area contributed by atoms with Crippen molar-refractivity contribution in [3.05, 3.63) is 57.6 Å². The van der Waals surface area contributed by atoms with Crippen LogP contribution >= 0.6 is 23.2 Å². The minimum atomic E-state index is -4.56. The molecule has 0 unspecified atom stereocenters. The van der Waals surface area contributed by atoms with Crippen molar-refractivity contribution in [1.82, 2.24) is 0 Å². The van der Waals surface area contributed by atoms with Gasteiger partial charge in [-0.05, 0) is 31.2 Å². The van der Waals surface area contributed by atoms with Crippen LogP contribution in [0.3, 0.4) is 0 Å². The quantitative estimate of drug-likeness (QED) is 0.412. The van der Waals surface area contributed by atoms with Crippen LogP contribution in [0.25, 0.3) is 0 Å². The summed E-state index contributed by atoms with van der Waals surface area (Å²) in [6.45, 7) is 1.58. The molecule has 0 radical (unpaired) electrons. The number of benzene rings is 2. The van der Waals surface area contributed by atoms with Crippen LogP contribution < -0.4 is 4.74 Å². The molecule has 0 aliphatic rings. The van der Waals surface area contributed by atoms with Gasteiger partial charge in [0.2, 0.25) is 0 Å². The van der Waals surface area contributed by atoms with Gasteiger partial charge in [-0.3, -0.25) is 0 Å². The number of halogens is 5. The summed E-state index contributed by atoms with van der Waals surface area (Å²) in [5.41, 5.74) is -0.0407. The number of rotatable bonds is 3. The third kappa shape index (κ3) is 4.09. The molecule has 0 spiro atoms. The van der Waals surface area contributed by atoms with Crippen molar-refractivity contribution in [3.8, 4) is 11.5 Å². The Morgan fingerprint density at radius 3 is 2.26 bits per heavy atom. The predicted molar refractivity (Wildman–Crippen MR) is 82.0 cm³/mol. The predicted octanol–water partition coefficient (Wildman–Crippen LogP) is 6.00. The van der Waals surface area contributed by atoms with E-state index in [2.05, 4.69) is 5.16 Å². The first-order chi connectivity index (χ1) is 10.7. The number of oxime groups is 1. The van der Waals surface area contributed by atoms with Gasteiger partial charge in [0.15, 0.2) is 5.75 Å². The zero-order valence-electron chi connectivity index (χ0n) is 11.7. The second kappa shape index (κ2) is 6.68. The maximum absolute atomic E-state index is 12.7. The van der Waals surface area contributed by atoms with Crippen molar-refractivity contribution < 1.29 is 23.1 Å². The highest BCUT2D eigenvalue weighted by Gasteiger charge is 2.32. The second-order valence-electron chi connectivity index (χ2n) is 4.58. The van der Waals surface area contributed by atoms with E-state index < -0.39 is 11.7 Å². The molecule has 2 aromatic rings. The molecule has 23 heavy (non-hydrogen) atoms. The summed E-state index contributed by atoms with van der Waals surface area (Å²) in [4.78, 5) is 0. The number of hydrogen-bond donors (Lipinski definition) is 1. The highest BCUT2D eigenvalue weighted by Crippen LogP contribution is 2.41. The van der Waals surface area contributed by atoms with E-state index in [9.17, 15) is 13.2 Å². The van der Waals surface area contributed by atoms with E-state index in [0.717, 1.165) is 12.1 Å². The fourth-order valence-corrected chi connectivity index (χ4v) is 2.35. The third-order valence-corrected chi connectivity index (χ3v) is 3.51. The van der Waals surface area contributed by atoms with Crippen molar-refractivity contribution in [2.45, 2.75) is 13.1 Å². The van der Waals surface area contributed by atoms with Gasteiger partial charge in [0.1, 0.15) is 5.75 Å². The van der Waals surface area contributed by atoms with Gasteiger partial charge in [-0.1, -0.05) is 40.5 Å². The summed E-state index contributed by atoms with van der Waals surface area (Å²) >= 11 is 11.7. The van der Waals surface area contributed by atoms with Gasteiger partial charge in [0.25, 0.3) is 0 Å². The number of hydrogen-bond acceptors (Lipinski definition) is 3. The maximum Gasteiger partial charge on any atom is 0.416 e. The van der Waals surface area contributed by atoms with Gasteiger partial charge < -0.3 is 9.94 Å². The van der Waals surface area contributed by atoms with Crippen LogP contribution in [0.1, 0.15) is 18.1 Å². The fraction of sp³-hybridized carbons (Fsp3) is 0.133. The Hall–Kier alpha value is -1.92. The van der Waals surface area contributed by atoms with Crippen LogP contribution in [0, 0.1) is 0 Å². The van der Waals surface area contributed by atoms with Gasteiger partial charge in [-0.25, -0.2) is 0 Å². The average Bonchev–Trinajstić information content (AvgIpc) is 2.49. The molecule has 0 bridgehead atoms. The van der Waals surface area contributed by atoms with Crippen molar-refractivity contribution in [1.29, 1.82) is 0 Å². The van der Waals surface area contributed by atoms with Crippen LogP contribution in [0.5, 0.6) is 11.5 Å². The summed E-state index contributed by atoms with van der Waals surface area (Å²) in [5, 5.41) is 11.3. The molecule has 2 rings (SSSR count). The van der Waals surface area contributed by atoms with E-state index in [1.165, 1.54) is 0 Å². The number of alkyl halides is 3. The molecule has 0 heterocycles. The summed E-state index contributed by atoms with van der Waals surface area (Å²) in [5.74, 6) is 0.200. The van der Waals surface area contributed by atoms with E-state index in [0.29, 0.717) is 11.3 Å². The molecule has 0 aliphatic heterocycles. The molecule has 0 saturated heterocycles. The van der Waals surface area contributed by atoms with Crippen LogP contribution in [0.2, 0.25) is 10.0 Å². The molecule has 0 saturated carbocycles. The monoisotopic (exact) mass is 363 g/mol. The first-order valence-electron chi connectivity index (χ1n) is 6.25. The Balaban J connectivity index is 2.38. The summed E-state index contributed by atoms with van der Waals surface area (Å²) < 4.78 is 43.6. The van der Waals surface area contributed by atoms with E-state index >= 15 is 0 Å². The second-order valence-corrected chi connectivity index (χ2v) is 5.40. The van der Waals surface area contributed by atoms with Crippen molar-refractivity contribution >= 4 is 28.9 Å². The highest BCUT2D eigenvalue weighted by atomic mass is 35.5. The van der Waals surface area contributed by atoms with Gasteiger partial charge in [0.05, 0.1) is 21.3 Å². The lowest BCUT2D eigenvalue weighted by Crippen LogP contribution is -2.05. The molecule has 1 N–H and O–H groups in total. The van der Waals surface area contributed by atoms with Crippen LogP contribution in [0.4, 0.5) is 13.2 Å². The zero-order chi connectivity index (χ0) is 17.2. The fourth-order valence-electron chi connectivity index (χ4n) is 1.78. The SMILES string of the molecule is CC(=NO)c1cccc(Oc2c(Cl)cc(C(F)(F)F)cc2Cl)c1. The molecule has 8 heteroatoms. The Morgan fingerprint density at radius 2 is 1.74 bits per heavy atom. The summed E-state index contributed by atoms with van der Waals surface area (Å²) in [6, 6.07) is 7.90. The smallest absolute Gasteiger partial charge is 0.416 e. The lowest BCUT2D eigenvalue weighted by Gasteiger charge is -2.13. The minimum Gasteiger partial charge on any atom is -0.454 e. The molecular weight excluding hydrogens is 354 g/mol. The molecule has 2 aromatic carbocycles. The standard InChI is InChI=1S/C15H10Cl2F3NO2/c1-8(21-22)9-3-2-4-11(5-9)23-14-12(16)6-10(7-13(14)17)15(18,19)20/h2-7,22H,1H3. The van der Waals surface area contributed by atoms with Crippen molar-refractivity contribution in [3.63, 3.8) is 0 Å². The Bertz CT molecular complexity index is 738. The lowest BCUT2D eigenvalue weighted by molar-refractivity contribution is -0.137. The van der Waals surface area contributed by atoms with Gasteiger partial charge in [0, 0.05) is 5.56 Å². The van der Waals surface area contributed by atoms with E-state index in [4.69, 9.17) is 33.1 Å². The summed E-state index contributed by atoms with van der Waals surface area (Å²) in [7, 11) is 0. The molecule has 0 aliphatic carbocycles. The Labute approximate surface area is 139 Å². The molecule has 3 nitrogen and oxygen atoms in total. The first kappa shape index (κ1) is 17.4. The summed E-state index contributed by atoms with van der Waals surface area (Å²) in [6.07, 6.45) is -4.56. The zero-order valence-corrected chi connectivity index (χ0v) is 13.2. The van der Waals surface area contributed by atoms with Crippen LogP contribution in [0.15, 0.2) is 41.6 Å². The maximum atomic E-state index is 12.7. The average molecular weight is 364 g/mol. The number of ether oxygens (including phenoxy) is 1. The molecule has 122 valence electrons. The van der Waals surface area contributed by atoms with Crippen molar-refractivity contribution in [2.24, 2.45) is 5.16 Å². The van der Waals surface area contributed by atoms with Gasteiger partial charge in [-0.15, -0.1) is 0 Å². The lowest BCUT2D eigenvalue weighted by atomic mass is 10.1. The molecule has 0 aromatic heterocycles. The van der Waals surface area contributed by atoms with Gasteiger partial charge in [-0.2, -0.15) is 13.2 Å². The highest BCUT2D eigenvalue weighted by molar-refractivity contribution is 6.37. The first-order valence-corrected chi connectivity index (χ1v) is 7.01. The molecule has 0 atom stereocenters. The largest absolute Gasteiger partial charge is 0.454 e. The molecular formula is C15H10Cl2F3NO2. The Morgan fingerprint density at radius 1 is 1.13 bits per heavy atom. The van der Waals surface area contributed by atoms with E-state index in [1.807, 2.05) is 0 Å². The van der Waals surface area contributed by atoms with E-state index in [1.54, 1.807) is 31.2 Å². The molecule has 0 fully saturated rings.